The fourth-order valence-electron chi connectivity index (χ4n) is 1.13. The molecule has 6 nitrogen and oxygen atoms in total. The lowest BCUT2D eigenvalue weighted by Crippen LogP contribution is -2.12. The van der Waals surface area contributed by atoms with Gasteiger partial charge in [0.05, 0.1) is 0 Å². The van der Waals surface area contributed by atoms with Crippen molar-refractivity contribution in [2.24, 2.45) is 0 Å². The van der Waals surface area contributed by atoms with Gasteiger partial charge in [-0.2, -0.15) is 0 Å². The van der Waals surface area contributed by atoms with Crippen LogP contribution in [-0.2, 0) is 4.79 Å². The Morgan fingerprint density at radius 3 is 1.81 bits per heavy atom. The molecule has 0 unspecified atom stereocenters. The maximum Gasteiger partial charge on any atom is 0.339 e. The number of esters is 1. The van der Waals surface area contributed by atoms with Gasteiger partial charge < -0.3 is 14.9 Å². The van der Waals surface area contributed by atoms with Crippen LogP contribution in [0.2, 0.25) is 0 Å². The fraction of sp³-hybridized carbons (Fsp3) is 0.100. The highest BCUT2D eigenvalue weighted by Crippen LogP contribution is 2.24. The van der Waals surface area contributed by atoms with Crippen molar-refractivity contribution < 1.29 is 29.3 Å². The van der Waals surface area contributed by atoms with Crippen molar-refractivity contribution in [3.63, 3.8) is 0 Å². The van der Waals surface area contributed by atoms with E-state index in [1.807, 2.05) is 0 Å². The normalized spacial score (nSPS) is 9.56. The summed E-state index contributed by atoms with van der Waals surface area (Å²) in [7, 11) is 0. The maximum atomic E-state index is 10.8. The highest BCUT2D eigenvalue weighted by atomic mass is 16.5. The van der Waals surface area contributed by atoms with Crippen LogP contribution in [0.15, 0.2) is 18.2 Å². The number of carbonyl (C=O) groups excluding carboxylic acids is 1. The van der Waals surface area contributed by atoms with Crippen molar-refractivity contribution in [2.75, 3.05) is 0 Å². The summed E-state index contributed by atoms with van der Waals surface area (Å²) in [5.41, 5.74) is -0.731. The number of para-hydroxylation sites is 1. The van der Waals surface area contributed by atoms with E-state index in [9.17, 15) is 14.4 Å². The van der Waals surface area contributed by atoms with Gasteiger partial charge in [0, 0.05) is 6.92 Å². The number of hydrogen-bond acceptors (Lipinski definition) is 4. The van der Waals surface area contributed by atoms with Gasteiger partial charge in [0.1, 0.15) is 11.1 Å². The first-order chi connectivity index (χ1) is 7.43. The third-order valence-corrected chi connectivity index (χ3v) is 1.72. The number of carboxylic acids is 2. The van der Waals surface area contributed by atoms with Gasteiger partial charge >= 0.3 is 17.9 Å². The molecule has 0 spiro atoms. The second kappa shape index (κ2) is 4.43. The minimum atomic E-state index is -1.36. The molecule has 0 radical (unpaired) electrons. The fourth-order valence-corrected chi connectivity index (χ4v) is 1.13. The van der Waals surface area contributed by atoms with E-state index in [-0.39, 0.29) is 11.1 Å². The van der Waals surface area contributed by atoms with Crippen molar-refractivity contribution in [1.82, 2.24) is 0 Å². The van der Waals surface area contributed by atoms with E-state index in [4.69, 9.17) is 10.2 Å². The quantitative estimate of drug-likeness (QED) is 0.586. The molecule has 1 aromatic carbocycles. The van der Waals surface area contributed by atoms with Crippen molar-refractivity contribution in [1.29, 1.82) is 0 Å². The Hall–Kier alpha value is -2.37. The molecule has 84 valence electrons. The second-order valence-corrected chi connectivity index (χ2v) is 2.89. The zero-order chi connectivity index (χ0) is 12.3. The molecule has 1 aromatic rings. The lowest BCUT2D eigenvalue weighted by atomic mass is 10.1. The van der Waals surface area contributed by atoms with E-state index in [0.717, 1.165) is 19.1 Å². The van der Waals surface area contributed by atoms with Gasteiger partial charge in [0.15, 0.2) is 5.75 Å². The van der Waals surface area contributed by atoms with Crippen LogP contribution in [0.4, 0.5) is 0 Å². The Morgan fingerprint density at radius 2 is 1.50 bits per heavy atom. The van der Waals surface area contributed by atoms with E-state index < -0.39 is 23.7 Å². The van der Waals surface area contributed by atoms with Crippen LogP contribution in [0.25, 0.3) is 0 Å². The van der Waals surface area contributed by atoms with Crippen LogP contribution in [0.3, 0.4) is 0 Å². The molecule has 0 saturated heterocycles. The van der Waals surface area contributed by atoms with Gasteiger partial charge in [0.2, 0.25) is 0 Å². The Bertz CT molecular complexity index is 430. The summed E-state index contributed by atoms with van der Waals surface area (Å²) in [6, 6.07) is 3.58. The van der Waals surface area contributed by atoms with E-state index in [1.165, 1.54) is 6.07 Å². The van der Waals surface area contributed by atoms with E-state index >= 15 is 0 Å². The molecule has 0 aliphatic rings. The Kier molecular flexibility index (Phi) is 3.24. The smallest absolute Gasteiger partial charge is 0.339 e. The summed E-state index contributed by atoms with van der Waals surface area (Å²) < 4.78 is 4.60. The van der Waals surface area contributed by atoms with Crippen molar-refractivity contribution in [3.8, 4) is 5.75 Å². The molecule has 0 atom stereocenters. The number of hydrogen-bond donors (Lipinski definition) is 2. The molecule has 0 saturated carbocycles. The van der Waals surface area contributed by atoms with E-state index in [0.29, 0.717) is 0 Å². The third kappa shape index (κ3) is 2.35. The molecular formula is C10H8O6. The largest absolute Gasteiger partial charge is 0.478 e. The Morgan fingerprint density at radius 1 is 1.06 bits per heavy atom. The lowest BCUT2D eigenvalue weighted by molar-refractivity contribution is -0.131. The van der Waals surface area contributed by atoms with Gasteiger partial charge in [-0.15, -0.1) is 0 Å². The summed E-state index contributed by atoms with van der Waals surface area (Å²) in [6.07, 6.45) is 0. The zero-order valence-corrected chi connectivity index (χ0v) is 8.26. The first kappa shape index (κ1) is 11.7. The average molecular weight is 224 g/mol. The summed E-state index contributed by atoms with van der Waals surface area (Å²) in [5, 5.41) is 17.6. The predicted molar refractivity (Wildman–Crippen MR) is 51.7 cm³/mol. The maximum absolute atomic E-state index is 10.8. The van der Waals surface area contributed by atoms with Gasteiger partial charge in [-0.1, -0.05) is 6.07 Å². The number of ether oxygens (including phenoxy) is 1. The lowest BCUT2D eigenvalue weighted by Gasteiger charge is -2.08. The molecule has 0 aliphatic heterocycles. The highest BCUT2D eigenvalue weighted by molar-refractivity contribution is 5.99. The number of carbonyl (C=O) groups is 3. The van der Waals surface area contributed by atoms with Crippen LogP contribution in [0, 0.1) is 0 Å². The van der Waals surface area contributed by atoms with Crippen LogP contribution in [-0.4, -0.2) is 28.1 Å². The molecule has 16 heavy (non-hydrogen) atoms. The van der Waals surface area contributed by atoms with Crippen LogP contribution < -0.4 is 4.74 Å². The molecule has 6 heteroatoms. The molecule has 0 heterocycles. The highest BCUT2D eigenvalue weighted by Gasteiger charge is 2.20. The topological polar surface area (TPSA) is 101 Å². The molecular weight excluding hydrogens is 216 g/mol. The minimum Gasteiger partial charge on any atom is -0.478 e. The third-order valence-electron chi connectivity index (χ3n) is 1.72. The minimum absolute atomic E-state index is 0.366. The van der Waals surface area contributed by atoms with Gasteiger partial charge in [0.25, 0.3) is 0 Å². The molecule has 0 bridgehead atoms. The standard InChI is InChI=1S/C10H8O6/c1-5(11)16-8-6(9(12)13)3-2-4-7(8)10(14)15/h2-4H,1H3,(H,12,13)(H,14,15). The van der Waals surface area contributed by atoms with Gasteiger partial charge in [-0.3, -0.25) is 4.79 Å². The second-order valence-electron chi connectivity index (χ2n) is 2.89. The Balaban J connectivity index is 3.40. The van der Waals surface area contributed by atoms with Crippen molar-refractivity contribution in [2.45, 2.75) is 6.92 Å². The molecule has 2 N–H and O–H groups in total. The first-order valence-electron chi connectivity index (χ1n) is 4.21. The SMILES string of the molecule is CC(=O)Oc1c(C(=O)O)cccc1C(=O)O. The van der Waals surface area contributed by atoms with Gasteiger partial charge in [-0.05, 0) is 12.1 Å². The number of aromatic carboxylic acids is 2. The van der Waals surface area contributed by atoms with Crippen molar-refractivity contribution >= 4 is 17.9 Å². The van der Waals surface area contributed by atoms with Crippen LogP contribution in [0.1, 0.15) is 27.6 Å². The monoisotopic (exact) mass is 224 g/mol. The van der Waals surface area contributed by atoms with Gasteiger partial charge in [-0.25, -0.2) is 9.59 Å². The first-order valence-corrected chi connectivity index (χ1v) is 4.21. The van der Waals surface area contributed by atoms with E-state index in [2.05, 4.69) is 4.74 Å². The average Bonchev–Trinajstić information content (AvgIpc) is 2.16. The number of rotatable bonds is 3. The summed E-state index contributed by atoms with van der Waals surface area (Å²) >= 11 is 0. The van der Waals surface area contributed by atoms with E-state index in [1.54, 1.807) is 0 Å². The number of carboxylic acid groups (broad SMARTS) is 2. The van der Waals surface area contributed by atoms with Crippen LogP contribution in [0.5, 0.6) is 5.75 Å². The molecule has 1 rings (SSSR count). The molecule has 0 aromatic heterocycles. The summed E-state index contributed by atoms with van der Waals surface area (Å²) in [6.45, 7) is 1.06. The van der Waals surface area contributed by atoms with Crippen molar-refractivity contribution in [3.05, 3.63) is 29.3 Å². The summed E-state index contributed by atoms with van der Waals surface area (Å²) in [4.78, 5) is 32.3. The molecule has 0 amide bonds. The zero-order valence-electron chi connectivity index (χ0n) is 8.26. The predicted octanol–water partition coefficient (Wildman–Crippen LogP) is 1.01. The van der Waals surface area contributed by atoms with Crippen LogP contribution >= 0.6 is 0 Å². The Labute approximate surface area is 90.1 Å². The molecule has 0 fully saturated rings. The number of benzene rings is 1. The summed E-state index contributed by atoms with van der Waals surface area (Å²) in [5.74, 6) is -3.95. The molecule has 0 aliphatic carbocycles.